The largest absolute Gasteiger partial charge is 0.286 e. The molecule has 0 saturated heterocycles. The topological polar surface area (TPSA) is 55.4 Å². The summed E-state index contributed by atoms with van der Waals surface area (Å²) in [6.45, 7) is 7.73. The maximum Gasteiger partial charge on any atom is 0.262 e. The lowest BCUT2D eigenvalue weighted by Gasteiger charge is -2.07. The van der Waals surface area contributed by atoms with Crippen LogP contribution < -0.4 is 4.89 Å². The maximum atomic E-state index is 11.7. The number of rotatable bonds is 6. The summed E-state index contributed by atoms with van der Waals surface area (Å²) in [7, 11) is -3.58. The Morgan fingerprint density at radius 2 is 1.94 bits per heavy atom. The summed E-state index contributed by atoms with van der Waals surface area (Å²) in [5, 5.41) is 0. The van der Waals surface area contributed by atoms with Crippen molar-refractivity contribution in [1.82, 2.24) is 4.89 Å². The molecule has 1 aromatic carbocycles. The van der Waals surface area contributed by atoms with E-state index in [1.165, 1.54) is 0 Å². The average Bonchev–Trinajstić information content (AvgIpc) is 2.25. The second-order valence-corrected chi connectivity index (χ2v) is 5.60. The van der Waals surface area contributed by atoms with Gasteiger partial charge < -0.3 is 0 Å². The molecule has 0 saturated carbocycles. The first-order valence-corrected chi connectivity index (χ1v) is 6.75. The van der Waals surface area contributed by atoms with Gasteiger partial charge in [0.15, 0.2) is 0 Å². The summed E-state index contributed by atoms with van der Waals surface area (Å²) < 4.78 is 23.5. The Hall–Kier alpha value is -1.17. The third-order valence-electron chi connectivity index (χ3n) is 2.13. The average molecular weight is 255 g/mol. The van der Waals surface area contributed by atoms with Gasteiger partial charge in [-0.15, -0.1) is 6.58 Å². The van der Waals surface area contributed by atoms with Crippen LogP contribution in [0.5, 0.6) is 0 Å². The molecule has 4 nitrogen and oxygen atoms in total. The van der Waals surface area contributed by atoms with E-state index in [9.17, 15) is 8.42 Å². The molecule has 1 N–H and O–H groups in total. The van der Waals surface area contributed by atoms with Crippen LogP contribution in [0.2, 0.25) is 0 Å². The predicted molar refractivity (Wildman–Crippen MR) is 66.9 cm³/mol. The van der Waals surface area contributed by atoms with Gasteiger partial charge in [0.25, 0.3) is 10.0 Å². The van der Waals surface area contributed by atoms with Crippen molar-refractivity contribution in [3.05, 3.63) is 42.0 Å². The second kappa shape index (κ2) is 5.95. The third kappa shape index (κ3) is 4.68. The van der Waals surface area contributed by atoms with E-state index in [-0.39, 0.29) is 11.5 Å². The standard InChI is InChI=1S/C12H17NO3S/c1-10(2)8-9-16-13-17(14,15)12-6-4-11(3)5-7-12/h4-7,13H,1,8-9H2,2-3H3. The summed E-state index contributed by atoms with van der Waals surface area (Å²) in [4.78, 5) is 7.17. The monoisotopic (exact) mass is 255 g/mol. The molecule has 0 heterocycles. The molecule has 17 heavy (non-hydrogen) atoms. The Labute approximate surface area is 102 Å². The van der Waals surface area contributed by atoms with Crippen LogP contribution in [0, 0.1) is 6.92 Å². The molecular weight excluding hydrogens is 238 g/mol. The quantitative estimate of drug-likeness (QED) is 0.481. The van der Waals surface area contributed by atoms with E-state index in [2.05, 4.69) is 11.5 Å². The van der Waals surface area contributed by atoms with E-state index in [0.717, 1.165) is 11.1 Å². The highest BCUT2D eigenvalue weighted by atomic mass is 32.2. The van der Waals surface area contributed by atoms with Gasteiger partial charge in [0.2, 0.25) is 0 Å². The van der Waals surface area contributed by atoms with Crippen LogP contribution in [0.1, 0.15) is 18.9 Å². The first kappa shape index (κ1) is 13.9. The molecular formula is C12H17NO3S. The molecule has 94 valence electrons. The summed E-state index contributed by atoms with van der Waals surface area (Å²) in [5.41, 5.74) is 1.95. The minimum absolute atomic E-state index is 0.193. The highest BCUT2D eigenvalue weighted by Gasteiger charge is 2.13. The summed E-state index contributed by atoms with van der Waals surface area (Å²) >= 11 is 0. The van der Waals surface area contributed by atoms with E-state index in [1.54, 1.807) is 24.3 Å². The minimum Gasteiger partial charge on any atom is -0.286 e. The van der Waals surface area contributed by atoms with Crippen LogP contribution in [0.15, 0.2) is 41.3 Å². The Kier molecular flexibility index (Phi) is 4.86. The van der Waals surface area contributed by atoms with Crippen molar-refractivity contribution in [2.75, 3.05) is 6.61 Å². The lowest BCUT2D eigenvalue weighted by Crippen LogP contribution is -2.24. The molecule has 0 unspecified atom stereocenters. The van der Waals surface area contributed by atoms with E-state index in [0.29, 0.717) is 6.42 Å². The lowest BCUT2D eigenvalue weighted by molar-refractivity contribution is 0.0959. The lowest BCUT2D eigenvalue weighted by atomic mass is 10.2. The van der Waals surface area contributed by atoms with Gasteiger partial charge in [-0.2, -0.15) is 0 Å². The normalized spacial score (nSPS) is 11.4. The summed E-state index contributed by atoms with van der Waals surface area (Å²) in [6.07, 6.45) is 0.621. The Balaban J connectivity index is 2.57. The van der Waals surface area contributed by atoms with Gasteiger partial charge in [0.1, 0.15) is 0 Å². The predicted octanol–water partition coefficient (Wildman–Crippen LogP) is 2.17. The molecule has 0 aliphatic heterocycles. The van der Waals surface area contributed by atoms with Crippen LogP contribution in [0.4, 0.5) is 0 Å². The van der Waals surface area contributed by atoms with Crippen molar-refractivity contribution in [2.24, 2.45) is 0 Å². The van der Waals surface area contributed by atoms with E-state index >= 15 is 0 Å². The van der Waals surface area contributed by atoms with Crippen molar-refractivity contribution >= 4 is 10.0 Å². The van der Waals surface area contributed by atoms with Crippen molar-refractivity contribution in [3.63, 3.8) is 0 Å². The molecule has 0 atom stereocenters. The van der Waals surface area contributed by atoms with Gasteiger partial charge in [-0.3, -0.25) is 4.84 Å². The Morgan fingerprint density at radius 1 is 1.35 bits per heavy atom. The molecule has 5 heteroatoms. The van der Waals surface area contributed by atoms with Gasteiger partial charge in [-0.05, 0) is 32.4 Å². The number of hydrogen-bond donors (Lipinski definition) is 1. The number of nitrogens with one attached hydrogen (secondary N) is 1. The number of benzene rings is 1. The second-order valence-electron chi connectivity index (χ2n) is 3.96. The molecule has 0 aliphatic rings. The van der Waals surface area contributed by atoms with Crippen molar-refractivity contribution < 1.29 is 13.3 Å². The van der Waals surface area contributed by atoms with Crippen LogP contribution in [0.25, 0.3) is 0 Å². The van der Waals surface area contributed by atoms with Crippen molar-refractivity contribution in [1.29, 1.82) is 0 Å². The SMILES string of the molecule is C=C(C)CCONS(=O)(=O)c1ccc(C)cc1. The van der Waals surface area contributed by atoms with Gasteiger partial charge >= 0.3 is 0 Å². The maximum absolute atomic E-state index is 11.7. The first-order valence-electron chi connectivity index (χ1n) is 5.26. The van der Waals surface area contributed by atoms with Crippen molar-refractivity contribution in [3.8, 4) is 0 Å². The molecule has 0 amide bonds. The van der Waals surface area contributed by atoms with Crippen LogP contribution in [-0.2, 0) is 14.9 Å². The minimum atomic E-state index is -3.58. The fourth-order valence-electron chi connectivity index (χ4n) is 1.11. The smallest absolute Gasteiger partial charge is 0.262 e. The highest BCUT2D eigenvalue weighted by Crippen LogP contribution is 2.09. The van der Waals surface area contributed by atoms with E-state index in [1.807, 2.05) is 13.8 Å². The third-order valence-corrected chi connectivity index (χ3v) is 3.36. The molecule has 0 radical (unpaired) electrons. The van der Waals surface area contributed by atoms with E-state index in [4.69, 9.17) is 4.84 Å². The Morgan fingerprint density at radius 3 is 2.47 bits per heavy atom. The molecule has 0 aliphatic carbocycles. The summed E-state index contributed by atoms with van der Waals surface area (Å²) in [5.74, 6) is 0. The van der Waals surface area contributed by atoms with Crippen molar-refractivity contribution in [2.45, 2.75) is 25.2 Å². The fourth-order valence-corrected chi connectivity index (χ4v) is 1.94. The van der Waals surface area contributed by atoms with Gasteiger partial charge in [-0.1, -0.05) is 28.2 Å². The number of hydrogen-bond acceptors (Lipinski definition) is 3. The number of aryl methyl sites for hydroxylation is 1. The molecule has 1 aromatic rings. The molecule has 0 bridgehead atoms. The molecule has 1 rings (SSSR count). The summed E-state index contributed by atoms with van der Waals surface area (Å²) in [6, 6.07) is 6.56. The molecule has 0 fully saturated rings. The van der Waals surface area contributed by atoms with Crippen LogP contribution >= 0.6 is 0 Å². The van der Waals surface area contributed by atoms with Crippen LogP contribution in [0.3, 0.4) is 0 Å². The molecule has 0 aromatic heterocycles. The first-order chi connectivity index (χ1) is 7.92. The zero-order valence-corrected chi connectivity index (χ0v) is 10.9. The molecule has 0 spiro atoms. The fraction of sp³-hybridized carbons (Fsp3) is 0.333. The highest BCUT2D eigenvalue weighted by molar-refractivity contribution is 7.89. The Bertz CT molecular complexity index is 477. The van der Waals surface area contributed by atoms with Crippen LogP contribution in [-0.4, -0.2) is 15.0 Å². The van der Waals surface area contributed by atoms with Gasteiger partial charge in [0.05, 0.1) is 11.5 Å². The zero-order chi connectivity index (χ0) is 12.9. The zero-order valence-electron chi connectivity index (χ0n) is 10.1. The van der Waals surface area contributed by atoms with E-state index < -0.39 is 10.0 Å². The van der Waals surface area contributed by atoms with Gasteiger partial charge in [0, 0.05) is 0 Å². The number of sulfonamides is 1. The van der Waals surface area contributed by atoms with Gasteiger partial charge in [-0.25, -0.2) is 8.42 Å².